The summed E-state index contributed by atoms with van der Waals surface area (Å²) < 4.78 is 14.0. The molecular weight excluding hydrogens is 438 g/mol. The molecule has 1 atom stereocenters. The third-order valence-electron chi connectivity index (χ3n) is 6.04. The molecule has 6 heteroatoms. The molecule has 0 fully saturated rings. The van der Waals surface area contributed by atoms with Crippen LogP contribution in [0.3, 0.4) is 0 Å². The Morgan fingerprint density at radius 1 is 1.03 bits per heavy atom. The van der Waals surface area contributed by atoms with Crippen molar-refractivity contribution in [3.8, 4) is 17.3 Å². The minimum Gasteiger partial charge on any atom is -0.468 e. The van der Waals surface area contributed by atoms with Crippen molar-refractivity contribution >= 4 is 0 Å². The Morgan fingerprint density at radius 2 is 1.86 bits per heavy atom. The molecule has 0 spiro atoms. The number of aliphatic hydroxyl groups excluding tert-OH is 1. The fraction of sp³-hybridized carbons (Fsp3) is 0.345. The molecule has 0 bridgehead atoms. The van der Waals surface area contributed by atoms with E-state index >= 15 is 0 Å². The molecule has 0 aliphatic heterocycles. The molecule has 2 heterocycles. The van der Waals surface area contributed by atoms with Crippen LogP contribution in [-0.2, 0) is 13.1 Å². The molecule has 2 aromatic carbocycles. The number of aryl methyl sites for hydroxylation is 2. The molecule has 0 radical (unpaired) electrons. The maximum absolute atomic E-state index is 10.7. The van der Waals surface area contributed by atoms with Gasteiger partial charge in [0.1, 0.15) is 11.5 Å². The van der Waals surface area contributed by atoms with Crippen molar-refractivity contribution in [3.05, 3.63) is 95.6 Å². The van der Waals surface area contributed by atoms with Crippen molar-refractivity contribution in [3.63, 3.8) is 0 Å². The summed E-state index contributed by atoms with van der Waals surface area (Å²) in [4.78, 5) is 2.21. The smallest absolute Gasteiger partial charge is 0.227 e. The molecule has 35 heavy (non-hydrogen) atoms. The van der Waals surface area contributed by atoms with E-state index in [0.717, 1.165) is 53.3 Å². The fourth-order valence-corrected chi connectivity index (χ4v) is 4.22. The normalized spacial score (nSPS) is 12.3. The number of hydrogen-bond donors (Lipinski definition) is 1. The van der Waals surface area contributed by atoms with E-state index in [1.807, 2.05) is 72.3 Å². The Kier molecular flexibility index (Phi) is 8.40. The van der Waals surface area contributed by atoms with E-state index in [-0.39, 0.29) is 0 Å². The zero-order chi connectivity index (χ0) is 24.6. The zero-order valence-corrected chi connectivity index (χ0v) is 20.9. The van der Waals surface area contributed by atoms with Crippen LogP contribution in [0.5, 0.6) is 11.6 Å². The highest BCUT2D eigenvalue weighted by molar-refractivity contribution is 5.43. The third kappa shape index (κ3) is 6.62. The van der Waals surface area contributed by atoms with Crippen LogP contribution in [0.4, 0.5) is 0 Å². The number of benzene rings is 2. The zero-order valence-electron chi connectivity index (χ0n) is 20.9. The largest absolute Gasteiger partial charge is 0.468 e. The van der Waals surface area contributed by atoms with Gasteiger partial charge in [0.25, 0.3) is 0 Å². The number of hydrogen-bond acceptors (Lipinski definition) is 5. The summed E-state index contributed by atoms with van der Waals surface area (Å²) in [5.41, 5.74) is 3.95. The third-order valence-corrected chi connectivity index (χ3v) is 6.04. The van der Waals surface area contributed by atoms with Crippen LogP contribution < -0.4 is 4.74 Å². The number of rotatable bonds is 12. The highest BCUT2D eigenvalue weighted by Crippen LogP contribution is 2.32. The van der Waals surface area contributed by atoms with Crippen molar-refractivity contribution in [2.45, 2.75) is 59.2 Å². The maximum Gasteiger partial charge on any atom is 0.227 e. The van der Waals surface area contributed by atoms with Gasteiger partial charge in [-0.25, -0.2) is 4.68 Å². The Morgan fingerprint density at radius 3 is 2.57 bits per heavy atom. The van der Waals surface area contributed by atoms with Gasteiger partial charge in [-0.1, -0.05) is 50.1 Å². The van der Waals surface area contributed by atoms with Gasteiger partial charge in [-0.05, 0) is 62.2 Å². The topological polar surface area (TPSA) is 63.7 Å². The maximum atomic E-state index is 10.7. The number of para-hydroxylation sites is 1. The number of aromatic nitrogens is 2. The average molecular weight is 474 g/mol. The molecule has 0 aliphatic carbocycles. The first-order valence-electron chi connectivity index (χ1n) is 12.3. The first-order chi connectivity index (χ1) is 17.0. The van der Waals surface area contributed by atoms with E-state index in [9.17, 15) is 5.11 Å². The van der Waals surface area contributed by atoms with E-state index < -0.39 is 6.10 Å². The van der Waals surface area contributed by atoms with Crippen LogP contribution in [0.25, 0.3) is 5.69 Å². The quantitative estimate of drug-likeness (QED) is 0.257. The van der Waals surface area contributed by atoms with Gasteiger partial charge in [-0.2, -0.15) is 5.10 Å². The lowest BCUT2D eigenvalue weighted by Gasteiger charge is -2.24. The van der Waals surface area contributed by atoms with Gasteiger partial charge in [-0.15, -0.1) is 0 Å². The Labute approximate surface area is 207 Å². The SMILES string of the molecule is CCCC[C@H](O)CN(Cc1ccco1)Cc1c(C)nn(-c2ccccc2)c1Oc1cccc(C)c1. The van der Waals surface area contributed by atoms with Crippen LogP contribution in [0, 0.1) is 13.8 Å². The predicted octanol–water partition coefficient (Wildman–Crippen LogP) is 6.43. The van der Waals surface area contributed by atoms with Gasteiger partial charge in [-0.3, -0.25) is 4.90 Å². The Bertz CT molecular complexity index is 1190. The first-order valence-corrected chi connectivity index (χ1v) is 12.3. The second kappa shape index (κ2) is 11.9. The second-order valence-electron chi connectivity index (χ2n) is 9.08. The molecule has 184 valence electrons. The minimum atomic E-state index is -0.407. The van der Waals surface area contributed by atoms with Gasteiger partial charge in [0.05, 0.1) is 35.9 Å². The van der Waals surface area contributed by atoms with E-state index in [0.29, 0.717) is 25.5 Å². The summed E-state index contributed by atoms with van der Waals surface area (Å²) in [7, 11) is 0. The van der Waals surface area contributed by atoms with Crippen molar-refractivity contribution in [2.75, 3.05) is 6.54 Å². The van der Waals surface area contributed by atoms with E-state index in [1.54, 1.807) is 6.26 Å². The van der Waals surface area contributed by atoms with Gasteiger partial charge in [0.2, 0.25) is 5.88 Å². The number of nitrogens with zero attached hydrogens (tertiary/aromatic N) is 3. The molecule has 0 saturated carbocycles. The summed E-state index contributed by atoms with van der Waals surface area (Å²) in [6.45, 7) is 7.91. The summed E-state index contributed by atoms with van der Waals surface area (Å²) in [6.07, 6.45) is 4.12. The Balaban J connectivity index is 1.69. The predicted molar refractivity (Wildman–Crippen MR) is 138 cm³/mol. The lowest BCUT2D eigenvalue weighted by molar-refractivity contribution is 0.0915. The van der Waals surface area contributed by atoms with Gasteiger partial charge >= 0.3 is 0 Å². The number of aliphatic hydroxyl groups is 1. The molecule has 0 saturated heterocycles. The molecule has 1 N–H and O–H groups in total. The highest BCUT2D eigenvalue weighted by atomic mass is 16.5. The highest BCUT2D eigenvalue weighted by Gasteiger charge is 2.23. The summed E-state index contributed by atoms with van der Waals surface area (Å²) in [5.74, 6) is 2.32. The summed E-state index contributed by atoms with van der Waals surface area (Å²) in [6, 6.07) is 21.9. The van der Waals surface area contributed by atoms with Crippen LogP contribution in [0.1, 0.15) is 48.8 Å². The van der Waals surface area contributed by atoms with E-state index in [1.165, 1.54) is 0 Å². The minimum absolute atomic E-state index is 0.407. The molecule has 6 nitrogen and oxygen atoms in total. The van der Waals surface area contributed by atoms with Crippen LogP contribution in [0.15, 0.2) is 77.4 Å². The van der Waals surface area contributed by atoms with Gasteiger partial charge in [0.15, 0.2) is 0 Å². The van der Waals surface area contributed by atoms with Crippen LogP contribution in [-0.4, -0.2) is 32.4 Å². The van der Waals surface area contributed by atoms with Gasteiger partial charge < -0.3 is 14.3 Å². The lowest BCUT2D eigenvalue weighted by Crippen LogP contribution is -2.32. The standard InChI is InChI=1S/C29H35N3O3/c1-4-5-14-25(33)19-31(20-27-16-10-17-34-27)21-28-23(3)30-32(24-12-7-6-8-13-24)29(28)35-26-15-9-11-22(2)18-26/h6-13,15-18,25,33H,4-5,14,19-21H2,1-3H3/t25-/m0/s1. The Hall–Kier alpha value is -3.35. The molecule has 0 unspecified atom stereocenters. The molecule has 2 aromatic heterocycles. The van der Waals surface area contributed by atoms with Crippen molar-refractivity contribution in [2.24, 2.45) is 0 Å². The molecule has 0 amide bonds. The van der Waals surface area contributed by atoms with Crippen molar-refractivity contribution in [1.82, 2.24) is 14.7 Å². The summed E-state index contributed by atoms with van der Waals surface area (Å²) >= 11 is 0. The second-order valence-corrected chi connectivity index (χ2v) is 9.08. The van der Waals surface area contributed by atoms with Crippen molar-refractivity contribution in [1.29, 1.82) is 0 Å². The molecule has 0 aliphatic rings. The monoisotopic (exact) mass is 473 g/mol. The van der Waals surface area contributed by atoms with Gasteiger partial charge in [0, 0.05) is 13.1 Å². The molecule has 4 aromatic rings. The number of unbranched alkanes of at least 4 members (excludes halogenated alkanes) is 1. The average Bonchev–Trinajstić information content (AvgIpc) is 3.47. The summed E-state index contributed by atoms with van der Waals surface area (Å²) in [5, 5.41) is 15.6. The van der Waals surface area contributed by atoms with Crippen molar-refractivity contribution < 1.29 is 14.3 Å². The molecule has 4 rings (SSSR count). The van der Waals surface area contributed by atoms with Crippen LogP contribution in [0.2, 0.25) is 0 Å². The first kappa shape index (κ1) is 24.8. The molecular formula is C29H35N3O3. The fourth-order valence-electron chi connectivity index (χ4n) is 4.22. The lowest BCUT2D eigenvalue weighted by atomic mass is 10.1. The van der Waals surface area contributed by atoms with E-state index in [2.05, 4.69) is 24.8 Å². The number of furan rings is 1. The van der Waals surface area contributed by atoms with Crippen LogP contribution >= 0.6 is 0 Å². The number of ether oxygens (including phenoxy) is 1. The van der Waals surface area contributed by atoms with E-state index in [4.69, 9.17) is 14.3 Å².